The SMILES string of the molecule is CCC(C)CN1CC(C2CCCCC2)NCC1(C)C. The summed E-state index contributed by atoms with van der Waals surface area (Å²) >= 11 is 0. The van der Waals surface area contributed by atoms with Crippen LogP contribution in [0.2, 0.25) is 0 Å². The highest BCUT2D eigenvalue weighted by Gasteiger charge is 2.37. The first-order valence-corrected chi connectivity index (χ1v) is 8.51. The van der Waals surface area contributed by atoms with E-state index in [2.05, 4.69) is 37.9 Å². The third kappa shape index (κ3) is 3.95. The molecule has 2 heteroatoms. The zero-order chi connectivity index (χ0) is 13.9. The van der Waals surface area contributed by atoms with Gasteiger partial charge in [-0.05, 0) is 38.5 Å². The van der Waals surface area contributed by atoms with Gasteiger partial charge in [-0.1, -0.05) is 39.5 Å². The Balaban J connectivity index is 1.94. The second-order valence-electron chi connectivity index (χ2n) is 7.62. The van der Waals surface area contributed by atoms with Gasteiger partial charge in [0.1, 0.15) is 0 Å². The zero-order valence-electron chi connectivity index (χ0n) is 13.5. The monoisotopic (exact) mass is 266 g/mol. The van der Waals surface area contributed by atoms with Crippen LogP contribution < -0.4 is 5.32 Å². The summed E-state index contributed by atoms with van der Waals surface area (Å²) in [4.78, 5) is 2.76. The zero-order valence-corrected chi connectivity index (χ0v) is 13.5. The van der Waals surface area contributed by atoms with Crippen LogP contribution in [0.15, 0.2) is 0 Å². The van der Waals surface area contributed by atoms with Crippen LogP contribution in [0.4, 0.5) is 0 Å². The quantitative estimate of drug-likeness (QED) is 0.835. The highest BCUT2D eigenvalue weighted by atomic mass is 15.3. The minimum Gasteiger partial charge on any atom is -0.311 e. The summed E-state index contributed by atoms with van der Waals surface area (Å²) in [6.07, 6.45) is 8.58. The lowest BCUT2D eigenvalue weighted by molar-refractivity contribution is 0.0328. The molecule has 0 spiro atoms. The predicted octanol–water partition coefficient (Wildman–Crippen LogP) is 3.67. The summed E-state index contributed by atoms with van der Waals surface area (Å²) < 4.78 is 0. The minimum absolute atomic E-state index is 0.328. The van der Waals surface area contributed by atoms with E-state index in [-0.39, 0.29) is 0 Å². The molecule has 0 aromatic carbocycles. The highest BCUT2D eigenvalue weighted by Crippen LogP contribution is 2.30. The maximum atomic E-state index is 3.86. The van der Waals surface area contributed by atoms with Crippen molar-refractivity contribution >= 4 is 0 Å². The van der Waals surface area contributed by atoms with Gasteiger partial charge in [0, 0.05) is 31.2 Å². The van der Waals surface area contributed by atoms with Gasteiger partial charge in [-0.3, -0.25) is 4.90 Å². The largest absolute Gasteiger partial charge is 0.311 e. The fourth-order valence-corrected chi connectivity index (χ4v) is 3.72. The van der Waals surface area contributed by atoms with Crippen molar-refractivity contribution in [3.8, 4) is 0 Å². The molecule has 2 fully saturated rings. The Morgan fingerprint density at radius 1 is 1.21 bits per heavy atom. The Kier molecular flexibility index (Phi) is 5.30. The van der Waals surface area contributed by atoms with Gasteiger partial charge in [-0.15, -0.1) is 0 Å². The van der Waals surface area contributed by atoms with E-state index in [0.717, 1.165) is 24.4 Å². The fraction of sp³-hybridized carbons (Fsp3) is 1.00. The molecule has 2 nitrogen and oxygen atoms in total. The molecule has 0 amide bonds. The lowest BCUT2D eigenvalue weighted by atomic mass is 9.81. The molecule has 0 bridgehead atoms. The number of nitrogens with one attached hydrogen (secondary N) is 1. The summed E-state index contributed by atoms with van der Waals surface area (Å²) in [6.45, 7) is 13.2. The molecule has 1 N–H and O–H groups in total. The lowest BCUT2D eigenvalue weighted by Crippen LogP contribution is -2.64. The van der Waals surface area contributed by atoms with Crippen molar-refractivity contribution < 1.29 is 0 Å². The molecule has 112 valence electrons. The summed E-state index contributed by atoms with van der Waals surface area (Å²) in [6, 6.07) is 0.748. The van der Waals surface area contributed by atoms with E-state index >= 15 is 0 Å². The van der Waals surface area contributed by atoms with E-state index in [1.165, 1.54) is 51.6 Å². The van der Waals surface area contributed by atoms with E-state index in [1.807, 2.05) is 0 Å². The summed E-state index contributed by atoms with van der Waals surface area (Å²) in [5.74, 6) is 1.76. The number of hydrogen-bond acceptors (Lipinski definition) is 2. The molecule has 1 saturated heterocycles. The molecule has 1 heterocycles. The van der Waals surface area contributed by atoms with Gasteiger partial charge in [0.2, 0.25) is 0 Å². The molecule has 2 atom stereocenters. The van der Waals surface area contributed by atoms with Crippen LogP contribution in [0.1, 0.15) is 66.2 Å². The van der Waals surface area contributed by atoms with Gasteiger partial charge in [0.15, 0.2) is 0 Å². The third-order valence-corrected chi connectivity index (χ3v) is 5.52. The van der Waals surface area contributed by atoms with Crippen LogP contribution in [0.3, 0.4) is 0 Å². The van der Waals surface area contributed by atoms with Gasteiger partial charge in [0.05, 0.1) is 0 Å². The van der Waals surface area contributed by atoms with Crippen molar-refractivity contribution in [1.82, 2.24) is 10.2 Å². The Labute approximate surface area is 120 Å². The van der Waals surface area contributed by atoms with Crippen LogP contribution in [0.25, 0.3) is 0 Å². The van der Waals surface area contributed by atoms with Crippen LogP contribution >= 0.6 is 0 Å². The van der Waals surface area contributed by atoms with E-state index in [4.69, 9.17) is 0 Å². The summed E-state index contributed by atoms with van der Waals surface area (Å²) in [7, 11) is 0. The van der Waals surface area contributed by atoms with E-state index < -0.39 is 0 Å². The average Bonchev–Trinajstić information content (AvgIpc) is 2.42. The second kappa shape index (κ2) is 6.58. The van der Waals surface area contributed by atoms with Crippen LogP contribution in [-0.2, 0) is 0 Å². The van der Waals surface area contributed by atoms with Gasteiger partial charge >= 0.3 is 0 Å². The second-order valence-corrected chi connectivity index (χ2v) is 7.62. The standard InChI is InChI=1S/C17H34N2/c1-5-14(2)11-19-12-16(18-13-17(19,3)4)15-9-7-6-8-10-15/h14-16,18H,5-13H2,1-4H3. The van der Waals surface area contributed by atoms with Gasteiger partial charge in [-0.25, -0.2) is 0 Å². The molecule has 2 rings (SSSR count). The highest BCUT2D eigenvalue weighted by molar-refractivity contribution is 4.95. The van der Waals surface area contributed by atoms with Crippen molar-refractivity contribution in [3.63, 3.8) is 0 Å². The Bertz CT molecular complexity index is 268. The van der Waals surface area contributed by atoms with Crippen molar-refractivity contribution in [1.29, 1.82) is 0 Å². The van der Waals surface area contributed by atoms with Gasteiger partial charge in [-0.2, -0.15) is 0 Å². The van der Waals surface area contributed by atoms with Crippen molar-refractivity contribution in [2.45, 2.75) is 77.8 Å². The predicted molar refractivity (Wildman–Crippen MR) is 83.5 cm³/mol. The minimum atomic E-state index is 0.328. The topological polar surface area (TPSA) is 15.3 Å². The first kappa shape index (κ1) is 15.3. The average molecular weight is 266 g/mol. The van der Waals surface area contributed by atoms with Gasteiger partial charge in [0.25, 0.3) is 0 Å². The maximum Gasteiger partial charge on any atom is 0.0278 e. The normalized spacial score (nSPS) is 31.3. The van der Waals surface area contributed by atoms with E-state index in [1.54, 1.807) is 0 Å². The third-order valence-electron chi connectivity index (χ3n) is 5.52. The molecule has 0 radical (unpaired) electrons. The van der Waals surface area contributed by atoms with E-state index in [9.17, 15) is 0 Å². The number of rotatable bonds is 4. The molecule has 1 aliphatic heterocycles. The van der Waals surface area contributed by atoms with Crippen LogP contribution in [0, 0.1) is 11.8 Å². The number of piperazine rings is 1. The molecule has 2 aliphatic rings. The van der Waals surface area contributed by atoms with Crippen molar-refractivity contribution in [2.24, 2.45) is 11.8 Å². The number of nitrogens with zero attached hydrogens (tertiary/aromatic N) is 1. The van der Waals surface area contributed by atoms with Gasteiger partial charge < -0.3 is 5.32 Å². The van der Waals surface area contributed by atoms with E-state index in [0.29, 0.717) is 5.54 Å². The lowest BCUT2D eigenvalue weighted by Gasteiger charge is -2.49. The molecular weight excluding hydrogens is 232 g/mol. The smallest absolute Gasteiger partial charge is 0.0278 e. The first-order chi connectivity index (χ1) is 9.03. The summed E-state index contributed by atoms with van der Waals surface area (Å²) in [5, 5.41) is 3.86. The van der Waals surface area contributed by atoms with Crippen molar-refractivity contribution in [2.75, 3.05) is 19.6 Å². The molecule has 2 unspecified atom stereocenters. The molecule has 19 heavy (non-hydrogen) atoms. The van der Waals surface area contributed by atoms with Crippen LogP contribution in [0.5, 0.6) is 0 Å². The Morgan fingerprint density at radius 2 is 1.89 bits per heavy atom. The molecule has 1 saturated carbocycles. The fourth-order valence-electron chi connectivity index (χ4n) is 3.72. The maximum absolute atomic E-state index is 3.86. The molecule has 0 aromatic heterocycles. The molecular formula is C17H34N2. The Morgan fingerprint density at radius 3 is 2.53 bits per heavy atom. The summed E-state index contributed by atoms with van der Waals surface area (Å²) in [5.41, 5.74) is 0.328. The van der Waals surface area contributed by atoms with Crippen molar-refractivity contribution in [3.05, 3.63) is 0 Å². The number of hydrogen-bond donors (Lipinski definition) is 1. The Hall–Kier alpha value is -0.0800. The molecule has 1 aliphatic carbocycles. The molecule has 0 aromatic rings. The first-order valence-electron chi connectivity index (χ1n) is 8.51. The van der Waals surface area contributed by atoms with Crippen LogP contribution in [-0.4, -0.2) is 36.1 Å².